The fourth-order valence-electron chi connectivity index (χ4n) is 3.95. The van der Waals surface area contributed by atoms with Crippen LogP contribution in [-0.4, -0.2) is 23.9 Å². The minimum Gasteiger partial charge on any atom is -0.390 e. The number of rotatable bonds is 4. The van der Waals surface area contributed by atoms with E-state index in [-0.39, 0.29) is 11.7 Å². The van der Waals surface area contributed by atoms with Gasteiger partial charge in [-0.05, 0) is 25.2 Å². The van der Waals surface area contributed by atoms with Crippen molar-refractivity contribution in [2.24, 2.45) is 5.92 Å². The molecule has 2 rings (SSSR count). The van der Waals surface area contributed by atoms with Gasteiger partial charge in [-0.1, -0.05) is 57.8 Å². The summed E-state index contributed by atoms with van der Waals surface area (Å²) in [6, 6.07) is 0. The summed E-state index contributed by atoms with van der Waals surface area (Å²) < 4.78 is 5.81. The Morgan fingerprint density at radius 2 is 1.56 bits per heavy atom. The van der Waals surface area contributed by atoms with E-state index in [1.165, 1.54) is 57.8 Å². The molecule has 1 unspecified atom stereocenters. The molecule has 18 heavy (non-hydrogen) atoms. The lowest BCUT2D eigenvalue weighted by atomic mass is 9.79. The van der Waals surface area contributed by atoms with Gasteiger partial charge >= 0.3 is 0 Å². The first-order valence-electron chi connectivity index (χ1n) is 8.00. The summed E-state index contributed by atoms with van der Waals surface area (Å²) in [5.74, 6) is 0.740. The van der Waals surface area contributed by atoms with E-state index in [0.29, 0.717) is 0 Å². The zero-order chi connectivity index (χ0) is 12.8. The molecular weight excluding hydrogens is 224 g/mol. The van der Waals surface area contributed by atoms with Crippen LogP contribution in [0.4, 0.5) is 0 Å². The van der Waals surface area contributed by atoms with Gasteiger partial charge in [-0.25, -0.2) is 0 Å². The highest BCUT2D eigenvalue weighted by atomic mass is 16.5. The van der Waals surface area contributed by atoms with Gasteiger partial charge < -0.3 is 9.84 Å². The maximum Gasteiger partial charge on any atom is 0.0936 e. The van der Waals surface area contributed by atoms with Crippen LogP contribution < -0.4 is 0 Å². The smallest absolute Gasteiger partial charge is 0.0936 e. The number of hydrogen-bond donors (Lipinski definition) is 1. The normalized spacial score (nSPS) is 27.7. The van der Waals surface area contributed by atoms with Gasteiger partial charge in [0.05, 0.1) is 11.7 Å². The van der Waals surface area contributed by atoms with Gasteiger partial charge in [-0.3, -0.25) is 0 Å². The maximum atomic E-state index is 10.7. The van der Waals surface area contributed by atoms with Crippen molar-refractivity contribution in [2.75, 3.05) is 7.11 Å². The van der Waals surface area contributed by atoms with Crippen molar-refractivity contribution in [1.82, 2.24) is 0 Å². The average molecular weight is 254 g/mol. The van der Waals surface area contributed by atoms with Crippen molar-refractivity contribution in [1.29, 1.82) is 0 Å². The summed E-state index contributed by atoms with van der Waals surface area (Å²) in [4.78, 5) is 0. The Kier molecular flexibility index (Phi) is 5.50. The summed E-state index contributed by atoms with van der Waals surface area (Å²) in [7, 11) is 1.80. The Balaban J connectivity index is 1.92. The highest BCUT2D eigenvalue weighted by molar-refractivity contribution is 4.91. The molecule has 0 radical (unpaired) electrons. The molecule has 0 aromatic heterocycles. The van der Waals surface area contributed by atoms with Crippen LogP contribution in [0.3, 0.4) is 0 Å². The molecule has 0 amide bonds. The lowest BCUT2D eigenvalue weighted by Gasteiger charge is -2.38. The quantitative estimate of drug-likeness (QED) is 0.767. The second-order valence-electron chi connectivity index (χ2n) is 6.44. The van der Waals surface area contributed by atoms with Crippen LogP contribution in [0.15, 0.2) is 0 Å². The van der Waals surface area contributed by atoms with E-state index in [0.717, 1.165) is 25.2 Å². The van der Waals surface area contributed by atoms with Crippen molar-refractivity contribution in [3.8, 4) is 0 Å². The summed E-state index contributed by atoms with van der Waals surface area (Å²) in [5.41, 5.74) is -0.228. The second-order valence-corrected chi connectivity index (χ2v) is 6.44. The largest absolute Gasteiger partial charge is 0.390 e. The van der Waals surface area contributed by atoms with E-state index in [2.05, 4.69) is 0 Å². The Morgan fingerprint density at radius 1 is 1.00 bits per heavy atom. The Morgan fingerprint density at radius 3 is 2.11 bits per heavy atom. The number of ether oxygens (including phenoxy) is 1. The summed E-state index contributed by atoms with van der Waals surface area (Å²) in [6.45, 7) is 0. The Bertz CT molecular complexity index is 225. The van der Waals surface area contributed by atoms with Gasteiger partial charge in [0.2, 0.25) is 0 Å². The molecule has 0 spiro atoms. The van der Waals surface area contributed by atoms with Gasteiger partial charge in [0, 0.05) is 7.11 Å². The molecule has 0 aromatic rings. The minimum absolute atomic E-state index is 0.228. The Labute approximate surface area is 112 Å². The van der Waals surface area contributed by atoms with Gasteiger partial charge in [-0.2, -0.15) is 0 Å². The molecule has 2 nitrogen and oxygen atoms in total. The van der Waals surface area contributed by atoms with Gasteiger partial charge in [0.25, 0.3) is 0 Å². The zero-order valence-corrected chi connectivity index (χ0v) is 12.0. The van der Waals surface area contributed by atoms with E-state index in [1.54, 1.807) is 7.11 Å². The van der Waals surface area contributed by atoms with E-state index in [4.69, 9.17) is 4.74 Å². The summed E-state index contributed by atoms with van der Waals surface area (Å²) in [5, 5.41) is 10.7. The number of methoxy groups -OCH3 is 1. The molecule has 0 bridgehead atoms. The van der Waals surface area contributed by atoms with Crippen LogP contribution in [0.5, 0.6) is 0 Å². The summed E-state index contributed by atoms with van der Waals surface area (Å²) >= 11 is 0. The molecule has 2 fully saturated rings. The van der Waals surface area contributed by atoms with E-state index >= 15 is 0 Å². The monoisotopic (exact) mass is 254 g/mol. The highest BCUT2D eigenvalue weighted by Gasteiger charge is 2.39. The molecule has 0 aromatic carbocycles. The first-order valence-corrected chi connectivity index (χ1v) is 8.00. The number of hydrogen-bond acceptors (Lipinski definition) is 2. The third-order valence-electron chi connectivity index (χ3n) is 5.25. The van der Waals surface area contributed by atoms with E-state index in [9.17, 15) is 5.11 Å². The fraction of sp³-hybridized carbons (Fsp3) is 1.00. The molecule has 106 valence electrons. The van der Waals surface area contributed by atoms with Gasteiger partial charge in [-0.15, -0.1) is 0 Å². The zero-order valence-electron chi connectivity index (χ0n) is 12.0. The van der Waals surface area contributed by atoms with Crippen LogP contribution in [-0.2, 0) is 4.74 Å². The minimum atomic E-state index is -0.247. The molecule has 2 saturated carbocycles. The van der Waals surface area contributed by atoms with Gasteiger partial charge in [0.15, 0.2) is 0 Å². The molecule has 2 aliphatic carbocycles. The fourth-order valence-corrected chi connectivity index (χ4v) is 3.95. The third-order valence-corrected chi connectivity index (χ3v) is 5.25. The molecule has 2 heteroatoms. The molecule has 0 saturated heterocycles. The number of aliphatic hydroxyl groups is 1. The number of aliphatic hydroxyl groups excluding tert-OH is 1. The predicted octanol–water partition coefficient (Wildman–Crippen LogP) is 4.06. The van der Waals surface area contributed by atoms with Crippen molar-refractivity contribution in [2.45, 2.75) is 88.8 Å². The van der Waals surface area contributed by atoms with Crippen LogP contribution in [0.1, 0.15) is 77.0 Å². The topological polar surface area (TPSA) is 29.5 Å². The third kappa shape index (κ3) is 3.48. The lowest BCUT2D eigenvalue weighted by Crippen LogP contribution is -2.45. The van der Waals surface area contributed by atoms with Gasteiger partial charge in [0.1, 0.15) is 0 Å². The molecular formula is C16H30O2. The van der Waals surface area contributed by atoms with Crippen LogP contribution in [0.2, 0.25) is 0 Å². The SMILES string of the molecule is COC1(C(O)CC2CCCCC2)CCCCCC1. The van der Waals surface area contributed by atoms with Crippen LogP contribution in [0.25, 0.3) is 0 Å². The first kappa shape index (κ1) is 14.3. The van der Waals surface area contributed by atoms with Crippen LogP contribution in [0, 0.1) is 5.92 Å². The molecule has 2 aliphatic rings. The standard InChI is InChI=1S/C16H30O2/c1-18-16(11-7-2-3-8-12-16)15(17)13-14-9-5-4-6-10-14/h14-15,17H,2-13H2,1H3. The van der Waals surface area contributed by atoms with Crippen molar-refractivity contribution >= 4 is 0 Å². The Hall–Kier alpha value is -0.0800. The maximum absolute atomic E-state index is 10.7. The molecule has 1 atom stereocenters. The lowest BCUT2D eigenvalue weighted by molar-refractivity contribution is -0.119. The van der Waals surface area contributed by atoms with E-state index < -0.39 is 0 Å². The van der Waals surface area contributed by atoms with Crippen molar-refractivity contribution < 1.29 is 9.84 Å². The van der Waals surface area contributed by atoms with Crippen molar-refractivity contribution in [3.63, 3.8) is 0 Å². The van der Waals surface area contributed by atoms with E-state index in [1.807, 2.05) is 0 Å². The van der Waals surface area contributed by atoms with Crippen molar-refractivity contribution in [3.05, 3.63) is 0 Å². The van der Waals surface area contributed by atoms with Crippen LogP contribution >= 0.6 is 0 Å². The first-order chi connectivity index (χ1) is 8.77. The molecule has 0 heterocycles. The highest BCUT2D eigenvalue weighted by Crippen LogP contribution is 2.37. The summed E-state index contributed by atoms with van der Waals surface area (Å²) in [6.07, 6.45) is 14.6. The molecule has 0 aliphatic heterocycles. The average Bonchev–Trinajstić information content (AvgIpc) is 2.66. The predicted molar refractivity (Wildman–Crippen MR) is 74.6 cm³/mol. The second kappa shape index (κ2) is 6.91. The molecule has 1 N–H and O–H groups in total.